The van der Waals surface area contributed by atoms with Crippen LogP contribution in [0.25, 0.3) is 21.8 Å². The van der Waals surface area contributed by atoms with E-state index < -0.39 is 30.0 Å². The van der Waals surface area contributed by atoms with Gasteiger partial charge in [0.05, 0.1) is 45.3 Å². The zero-order valence-electron chi connectivity index (χ0n) is 39.3. The van der Waals surface area contributed by atoms with Gasteiger partial charge in [0.15, 0.2) is 8.32 Å². The molecule has 68 heavy (non-hydrogen) atoms. The Morgan fingerprint density at radius 3 is 2.35 bits per heavy atom. The Labute approximate surface area is 397 Å². The van der Waals surface area contributed by atoms with E-state index >= 15 is 0 Å². The standard InChI is InChI=1S/C52H58N6O8SSi/c1-32-26-39(29-42-47(32)55-30-43(50(53)61)48(42)56-36-14-11-15-37(28-36)65-5)67(63,64)38-16-10-13-34(27-38)51(62)57-35-19-17-33(18-20-35)12-8-9-25-54-31-45(66-68(6,7)52(2,3)4)40-21-23-44(59)49-41(40)22-24-46(60)58-49/h10-11,13-24,26-30,45,54,59H,8-9,12,25,31H2,1-7H3,(H2,53,61)(H,55,56)(H,57,62)(H,58,60)/t45-/m0/s1. The van der Waals surface area contributed by atoms with Crippen molar-refractivity contribution < 1.29 is 32.3 Å². The maximum Gasteiger partial charge on any atom is 0.255 e. The molecule has 7 N–H and O–H groups in total. The molecule has 0 radical (unpaired) electrons. The van der Waals surface area contributed by atoms with Gasteiger partial charge in [-0.05, 0) is 134 Å². The van der Waals surface area contributed by atoms with Crippen LogP contribution in [0.4, 0.5) is 17.1 Å². The number of H-pyrrole nitrogens is 1. The molecule has 0 aliphatic carbocycles. The first kappa shape index (κ1) is 49.1. The molecule has 14 nitrogen and oxygen atoms in total. The number of amides is 2. The Bertz CT molecular complexity index is 3190. The number of nitrogens with one attached hydrogen (secondary N) is 4. The van der Waals surface area contributed by atoms with Gasteiger partial charge in [-0.3, -0.25) is 19.4 Å². The third kappa shape index (κ3) is 10.9. The molecule has 0 aliphatic rings. The van der Waals surface area contributed by atoms with Crippen molar-refractivity contribution >= 4 is 68.8 Å². The number of aromatic nitrogens is 2. The molecule has 2 aromatic heterocycles. The predicted molar refractivity (Wildman–Crippen MR) is 271 cm³/mol. The second-order valence-electron chi connectivity index (χ2n) is 18.4. The van der Waals surface area contributed by atoms with E-state index in [2.05, 4.69) is 59.8 Å². The van der Waals surface area contributed by atoms with E-state index in [9.17, 15) is 27.9 Å². The number of phenolic OH excluding ortho intramolecular Hbond substituents is 1. The number of fused-ring (bicyclic) bond motifs is 2. The number of sulfone groups is 1. The van der Waals surface area contributed by atoms with Crippen molar-refractivity contribution in [3.63, 3.8) is 0 Å². The number of hydrogen-bond acceptors (Lipinski definition) is 11. The van der Waals surface area contributed by atoms with Gasteiger partial charge in [-0.1, -0.05) is 51.1 Å². The summed E-state index contributed by atoms with van der Waals surface area (Å²) in [6.07, 6.45) is 3.70. The Morgan fingerprint density at radius 2 is 1.63 bits per heavy atom. The molecule has 1 atom stereocenters. The minimum absolute atomic E-state index is 0.0141. The third-order valence-electron chi connectivity index (χ3n) is 12.6. The van der Waals surface area contributed by atoms with Crippen LogP contribution in [0.5, 0.6) is 11.5 Å². The quantitative estimate of drug-likeness (QED) is 0.0352. The molecule has 0 saturated heterocycles. The minimum atomic E-state index is -4.18. The lowest BCUT2D eigenvalue weighted by molar-refractivity contribution is 0.0998. The van der Waals surface area contributed by atoms with Gasteiger partial charge in [0, 0.05) is 52.6 Å². The number of hydrogen-bond donors (Lipinski definition) is 6. The van der Waals surface area contributed by atoms with Crippen LogP contribution in [0, 0.1) is 6.92 Å². The summed E-state index contributed by atoms with van der Waals surface area (Å²) in [4.78, 5) is 45.3. The van der Waals surface area contributed by atoms with Crippen molar-refractivity contribution in [2.45, 2.75) is 81.0 Å². The maximum absolute atomic E-state index is 14.2. The number of aryl methyl sites for hydroxylation is 2. The first-order valence-corrected chi connectivity index (χ1v) is 26.8. The molecule has 7 aromatic rings. The van der Waals surface area contributed by atoms with Crippen LogP contribution in [-0.2, 0) is 20.7 Å². The number of aromatic hydroxyl groups is 1. The molecule has 2 heterocycles. The number of ether oxygens (including phenoxy) is 1. The number of methoxy groups -OCH3 is 1. The second-order valence-corrected chi connectivity index (χ2v) is 25.1. The first-order chi connectivity index (χ1) is 32.2. The van der Waals surface area contributed by atoms with Gasteiger partial charge in [-0.25, -0.2) is 8.42 Å². The molecular formula is C52H58N6O8SSi. The minimum Gasteiger partial charge on any atom is -0.506 e. The molecule has 0 unspecified atom stereocenters. The van der Waals surface area contributed by atoms with E-state index in [4.69, 9.17) is 14.9 Å². The van der Waals surface area contributed by atoms with Crippen LogP contribution in [-0.4, -0.2) is 63.8 Å². The molecule has 0 saturated carbocycles. The number of unbranched alkanes of at least 4 members (excludes halogenated alkanes) is 1. The molecule has 2 amide bonds. The summed E-state index contributed by atoms with van der Waals surface area (Å²) in [5.74, 6) is -0.629. The number of carbonyl (C=O) groups is 2. The average molecular weight is 955 g/mol. The smallest absolute Gasteiger partial charge is 0.255 e. The maximum atomic E-state index is 14.2. The van der Waals surface area contributed by atoms with Crippen molar-refractivity contribution in [3.8, 4) is 11.5 Å². The van der Waals surface area contributed by atoms with Gasteiger partial charge in [0.1, 0.15) is 11.5 Å². The summed E-state index contributed by atoms with van der Waals surface area (Å²) in [7, 11) is -4.85. The first-order valence-electron chi connectivity index (χ1n) is 22.4. The van der Waals surface area contributed by atoms with Crippen LogP contribution in [0.1, 0.15) is 77.1 Å². The van der Waals surface area contributed by atoms with Crippen LogP contribution < -0.4 is 32.0 Å². The normalized spacial score (nSPS) is 12.5. The highest BCUT2D eigenvalue weighted by atomic mass is 32.2. The highest BCUT2D eigenvalue weighted by Gasteiger charge is 2.40. The van der Waals surface area contributed by atoms with Crippen LogP contribution >= 0.6 is 0 Å². The number of aromatic amines is 1. The molecule has 7 rings (SSSR count). The van der Waals surface area contributed by atoms with Crippen molar-refractivity contribution in [3.05, 3.63) is 154 Å². The topological polar surface area (TPSA) is 215 Å². The fourth-order valence-corrected chi connectivity index (χ4v) is 10.5. The number of anilines is 3. The lowest BCUT2D eigenvalue weighted by Gasteiger charge is -2.39. The van der Waals surface area contributed by atoms with E-state index in [0.717, 1.165) is 42.3 Å². The van der Waals surface area contributed by atoms with Gasteiger partial charge in [0.2, 0.25) is 15.4 Å². The number of benzene rings is 5. The molecule has 0 spiro atoms. The summed E-state index contributed by atoms with van der Waals surface area (Å²) in [5, 5.41) is 21.3. The van der Waals surface area contributed by atoms with E-state index in [-0.39, 0.29) is 43.4 Å². The van der Waals surface area contributed by atoms with E-state index in [1.54, 1.807) is 49.4 Å². The van der Waals surface area contributed by atoms with Crippen LogP contribution in [0.2, 0.25) is 18.1 Å². The lowest BCUT2D eigenvalue weighted by atomic mass is 10.0. The van der Waals surface area contributed by atoms with Gasteiger partial charge >= 0.3 is 0 Å². The van der Waals surface area contributed by atoms with Crippen LogP contribution in [0.3, 0.4) is 0 Å². The fourth-order valence-electron chi connectivity index (χ4n) is 7.77. The van der Waals surface area contributed by atoms with E-state index in [0.29, 0.717) is 51.3 Å². The molecular weight excluding hydrogens is 897 g/mol. The molecule has 0 aliphatic heterocycles. The predicted octanol–water partition coefficient (Wildman–Crippen LogP) is 9.70. The van der Waals surface area contributed by atoms with Crippen molar-refractivity contribution in [2.24, 2.45) is 5.73 Å². The number of nitrogens with two attached hydrogens (primary N) is 1. The molecule has 5 aromatic carbocycles. The van der Waals surface area contributed by atoms with Gasteiger partial charge in [0.25, 0.3) is 11.8 Å². The Hall–Kier alpha value is -6.85. The average Bonchev–Trinajstić information content (AvgIpc) is 3.30. The van der Waals surface area contributed by atoms with E-state index in [1.807, 2.05) is 30.3 Å². The van der Waals surface area contributed by atoms with E-state index in [1.165, 1.54) is 49.7 Å². The van der Waals surface area contributed by atoms with Gasteiger partial charge in [-0.15, -0.1) is 0 Å². The van der Waals surface area contributed by atoms with Crippen LogP contribution in [0.15, 0.2) is 130 Å². The number of pyridine rings is 2. The third-order valence-corrected chi connectivity index (χ3v) is 18.8. The summed E-state index contributed by atoms with van der Waals surface area (Å²) in [6.45, 7) is 14.1. The summed E-state index contributed by atoms with van der Waals surface area (Å²) >= 11 is 0. The Kier molecular flexibility index (Phi) is 14.6. The highest BCUT2D eigenvalue weighted by molar-refractivity contribution is 7.91. The number of phenols is 1. The molecule has 0 fully saturated rings. The number of rotatable bonds is 18. The Morgan fingerprint density at radius 1 is 0.882 bits per heavy atom. The number of nitrogens with zero attached hydrogens (tertiary/aromatic N) is 1. The lowest BCUT2D eigenvalue weighted by Crippen LogP contribution is -2.43. The summed E-state index contributed by atoms with van der Waals surface area (Å²) in [6, 6.07) is 30.2. The van der Waals surface area contributed by atoms with Gasteiger partial charge < -0.3 is 40.9 Å². The molecule has 16 heteroatoms. The number of carbonyl (C=O) groups excluding carboxylic acids is 2. The van der Waals surface area contributed by atoms with Crippen molar-refractivity contribution in [1.29, 1.82) is 0 Å². The molecule has 0 bridgehead atoms. The summed E-state index contributed by atoms with van der Waals surface area (Å²) < 4.78 is 40.8. The zero-order chi connectivity index (χ0) is 49.0. The molecule has 354 valence electrons. The fraction of sp³-hybridized carbons (Fsp3) is 0.269. The van der Waals surface area contributed by atoms with Crippen molar-refractivity contribution in [1.82, 2.24) is 15.3 Å². The highest BCUT2D eigenvalue weighted by Crippen LogP contribution is 2.41. The monoisotopic (exact) mass is 954 g/mol. The second kappa shape index (κ2) is 20.2. The van der Waals surface area contributed by atoms with Gasteiger partial charge in [-0.2, -0.15) is 0 Å². The van der Waals surface area contributed by atoms with Crippen molar-refractivity contribution in [2.75, 3.05) is 30.8 Å². The Balaban J connectivity index is 0.982. The SMILES string of the molecule is COc1cccc(Nc2c(C(N)=O)cnc3c(C)cc(S(=O)(=O)c4cccc(C(=O)Nc5ccc(CCCCNC[C@H](O[Si](C)(C)C(C)(C)C)c6ccc(O)c7[nH]c(=O)ccc67)cc5)c4)cc23)c1. The number of primary amides is 1. The summed E-state index contributed by atoms with van der Waals surface area (Å²) in [5.41, 5.74) is 10.6. The largest absolute Gasteiger partial charge is 0.506 e. The zero-order valence-corrected chi connectivity index (χ0v) is 41.1.